The predicted molar refractivity (Wildman–Crippen MR) is 23.9 cm³/mol. The van der Waals surface area contributed by atoms with Crippen molar-refractivity contribution in [2.24, 2.45) is 5.84 Å². The summed E-state index contributed by atoms with van der Waals surface area (Å²) in [6.07, 6.45) is 0. The van der Waals surface area contributed by atoms with Crippen molar-refractivity contribution in [3.8, 4) is 0 Å². The molecule has 0 spiro atoms. The van der Waals surface area contributed by atoms with Crippen LogP contribution in [-0.2, 0) is 4.94 Å². The van der Waals surface area contributed by atoms with Gasteiger partial charge in [-0.2, -0.15) is 0 Å². The summed E-state index contributed by atoms with van der Waals surface area (Å²) in [6.45, 7) is 0. The van der Waals surface area contributed by atoms with Gasteiger partial charge in [0, 0.05) is 7.05 Å². The Labute approximate surface area is 46.2 Å². The molecule has 0 amide bonds. The lowest BCUT2D eigenvalue weighted by Crippen LogP contribution is -3.57. The molecule has 0 aliphatic heterocycles. The maximum absolute atomic E-state index is 10.1. The van der Waals surface area contributed by atoms with Gasteiger partial charge in [-0.1, -0.05) is 4.94 Å². The third kappa shape index (κ3) is 2.82. The maximum atomic E-state index is 10.1. The SMILES string of the molecule is CNO[NH+]([O-])[NH+]([NH-])N. The number of hydroxylamine groups is 1. The van der Waals surface area contributed by atoms with Crippen molar-refractivity contribution < 1.29 is 15.5 Å². The van der Waals surface area contributed by atoms with Crippen LogP contribution in [0.2, 0.25) is 0 Å². The lowest BCUT2D eigenvalue weighted by atomic mass is 11.6. The molecule has 0 aromatic carbocycles. The molecule has 50 valence electrons. The van der Waals surface area contributed by atoms with E-state index in [0.29, 0.717) is 0 Å². The van der Waals surface area contributed by atoms with Gasteiger partial charge in [-0.05, 0) is 5.34 Å². The van der Waals surface area contributed by atoms with Crippen molar-refractivity contribution in [1.82, 2.24) is 5.48 Å². The molecule has 7 heteroatoms. The minimum Gasteiger partial charge on any atom is -0.547 e. The molecule has 7 nitrogen and oxygen atoms in total. The minimum absolute atomic E-state index is 0.612. The van der Waals surface area contributed by atoms with Gasteiger partial charge in [0.15, 0.2) is 0 Å². The van der Waals surface area contributed by atoms with E-state index in [9.17, 15) is 5.21 Å². The number of rotatable bonds is 3. The molecule has 0 radical (unpaired) electrons. The number of hydrogen-bond donors (Lipinski definition) is 4. The fraction of sp³-hybridized carbons (Fsp3) is 1.00. The highest BCUT2D eigenvalue weighted by atomic mass is 17.0. The van der Waals surface area contributed by atoms with Crippen LogP contribution in [0.4, 0.5) is 0 Å². The topological polar surface area (TPSA) is 103 Å². The molecule has 0 aliphatic rings. The molecule has 2 atom stereocenters. The molecule has 0 saturated carbocycles. The monoisotopic (exact) mass is 123 g/mol. The standard InChI is InChI=1S/CH9N5O2/c1-4-8-6(7)5(2)3/h2,4-6H,3H2,1H3. The smallest absolute Gasteiger partial charge is 0.0155 e. The highest BCUT2D eigenvalue weighted by Gasteiger charge is 1.94. The van der Waals surface area contributed by atoms with E-state index in [4.69, 9.17) is 11.7 Å². The first kappa shape index (κ1) is 7.72. The Kier molecular flexibility index (Phi) is 3.56. The second-order valence-electron chi connectivity index (χ2n) is 1.01. The fourth-order valence-electron chi connectivity index (χ4n) is 0.148. The van der Waals surface area contributed by atoms with E-state index in [1.165, 1.54) is 7.05 Å². The summed E-state index contributed by atoms with van der Waals surface area (Å²) in [5, 5.41) is 8.63. The zero-order valence-corrected chi connectivity index (χ0v) is 4.39. The number of nitrogens with one attached hydrogen (secondary N) is 4. The molecule has 6 N–H and O–H groups in total. The first-order valence-corrected chi connectivity index (χ1v) is 1.90. The molecule has 0 heterocycles. The van der Waals surface area contributed by atoms with Gasteiger partial charge in [0.05, 0.1) is 0 Å². The lowest BCUT2D eigenvalue weighted by Gasteiger charge is -2.23. The molecule has 0 aromatic rings. The second kappa shape index (κ2) is 3.69. The summed E-state index contributed by atoms with van der Waals surface area (Å²) in [4.78, 5) is 4.06. The molecule has 0 rings (SSSR count). The van der Waals surface area contributed by atoms with Gasteiger partial charge >= 0.3 is 0 Å². The molecule has 0 aromatic heterocycles. The van der Waals surface area contributed by atoms with Crippen molar-refractivity contribution >= 4 is 0 Å². The van der Waals surface area contributed by atoms with Crippen LogP contribution in [0, 0.1) is 5.21 Å². The molecular formula is CH9N5O2. The average molecular weight is 123 g/mol. The Morgan fingerprint density at radius 1 is 1.88 bits per heavy atom. The van der Waals surface area contributed by atoms with E-state index >= 15 is 0 Å². The summed E-state index contributed by atoms with van der Waals surface area (Å²) in [5.41, 5.74) is 2.08. The quantitative estimate of drug-likeness (QED) is 0.227. The lowest BCUT2D eigenvalue weighted by molar-refractivity contribution is -1.55. The van der Waals surface area contributed by atoms with Crippen LogP contribution >= 0.6 is 0 Å². The van der Waals surface area contributed by atoms with E-state index in [0.717, 1.165) is 0 Å². The van der Waals surface area contributed by atoms with Gasteiger partial charge in [0.2, 0.25) is 0 Å². The minimum atomic E-state index is -0.868. The van der Waals surface area contributed by atoms with Crippen LogP contribution in [0.15, 0.2) is 0 Å². The molecule has 0 saturated heterocycles. The number of hydrogen-bond acceptors (Lipinski definition) is 4. The molecule has 0 bridgehead atoms. The van der Waals surface area contributed by atoms with E-state index in [2.05, 4.69) is 10.4 Å². The molecule has 2 unspecified atom stereocenters. The summed E-state index contributed by atoms with van der Waals surface area (Å²) < 4.78 is 0. The van der Waals surface area contributed by atoms with Crippen molar-refractivity contribution in [2.75, 3.05) is 7.05 Å². The highest BCUT2D eigenvalue weighted by molar-refractivity contribution is 3.83. The third-order valence-corrected chi connectivity index (χ3v) is 0.415. The Morgan fingerprint density at radius 2 is 2.38 bits per heavy atom. The summed E-state index contributed by atoms with van der Waals surface area (Å²) in [7, 11) is 1.40. The van der Waals surface area contributed by atoms with Gasteiger partial charge in [0.1, 0.15) is 0 Å². The van der Waals surface area contributed by atoms with E-state index in [1.54, 1.807) is 0 Å². The normalized spacial score (nSPS) is 18.0. The third-order valence-electron chi connectivity index (χ3n) is 0.415. The van der Waals surface area contributed by atoms with E-state index in [1.807, 2.05) is 0 Å². The summed E-state index contributed by atoms with van der Waals surface area (Å²) >= 11 is 0. The van der Waals surface area contributed by atoms with Crippen LogP contribution < -0.4 is 21.9 Å². The van der Waals surface area contributed by atoms with Crippen molar-refractivity contribution in [2.45, 2.75) is 0 Å². The number of quaternary nitrogens is 2. The van der Waals surface area contributed by atoms with Crippen molar-refractivity contribution in [3.63, 3.8) is 0 Å². The van der Waals surface area contributed by atoms with Crippen LogP contribution in [-0.4, -0.2) is 7.05 Å². The molecular weight excluding hydrogens is 114 g/mol. The zero-order valence-electron chi connectivity index (χ0n) is 4.39. The first-order chi connectivity index (χ1) is 3.68. The molecule has 0 aliphatic carbocycles. The largest absolute Gasteiger partial charge is 0.547 e. The van der Waals surface area contributed by atoms with Gasteiger partial charge in [-0.25, -0.2) is 0 Å². The Bertz CT molecular complexity index is 56.4. The number of nitrogens with two attached hydrogens (primary N) is 1. The Hall–Kier alpha value is -0.280. The second-order valence-corrected chi connectivity index (χ2v) is 1.01. The van der Waals surface area contributed by atoms with E-state index < -0.39 is 10.6 Å². The first-order valence-electron chi connectivity index (χ1n) is 1.90. The van der Waals surface area contributed by atoms with Gasteiger partial charge in [-0.3, -0.25) is 0 Å². The van der Waals surface area contributed by atoms with Gasteiger partial charge < -0.3 is 11.0 Å². The summed E-state index contributed by atoms with van der Waals surface area (Å²) in [5.74, 6) is 11.2. The highest BCUT2D eigenvalue weighted by Crippen LogP contribution is 1.26. The van der Waals surface area contributed by atoms with Crippen LogP contribution in [0.1, 0.15) is 0 Å². The van der Waals surface area contributed by atoms with Crippen molar-refractivity contribution in [1.29, 1.82) is 0 Å². The fourth-order valence-corrected chi connectivity index (χ4v) is 0.148. The summed E-state index contributed by atoms with van der Waals surface area (Å²) in [6, 6.07) is 0. The average Bonchev–Trinajstić information content (AvgIpc) is 1.67. The Morgan fingerprint density at radius 3 is 2.50 bits per heavy atom. The molecule has 0 fully saturated rings. The van der Waals surface area contributed by atoms with Gasteiger partial charge in [-0.15, -0.1) is 16.5 Å². The van der Waals surface area contributed by atoms with Crippen molar-refractivity contribution in [3.05, 3.63) is 11.0 Å². The van der Waals surface area contributed by atoms with E-state index in [-0.39, 0.29) is 0 Å². The van der Waals surface area contributed by atoms with Crippen LogP contribution in [0.25, 0.3) is 5.84 Å². The maximum Gasteiger partial charge on any atom is 0.0155 e. The molecule has 8 heavy (non-hydrogen) atoms. The Balaban J connectivity index is 3.17. The van der Waals surface area contributed by atoms with Gasteiger partial charge in [0.25, 0.3) is 0 Å². The zero-order chi connectivity index (χ0) is 6.57. The predicted octanol–water partition coefficient (Wildman–Crippen LogP) is -3.92. The van der Waals surface area contributed by atoms with Crippen LogP contribution in [0.5, 0.6) is 0 Å². The van der Waals surface area contributed by atoms with Crippen LogP contribution in [0.3, 0.4) is 0 Å².